The molecule has 3 N–H and O–H groups in total. The first-order chi connectivity index (χ1) is 8.02. The molecule has 5 heteroatoms. The summed E-state index contributed by atoms with van der Waals surface area (Å²) < 4.78 is 4.54. The molecule has 0 spiro atoms. The maximum Gasteiger partial charge on any atom is 0.307 e. The fraction of sp³-hybridized carbons (Fsp3) is 0.333. The van der Waals surface area contributed by atoms with E-state index >= 15 is 0 Å². The van der Waals surface area contributed by atoms with Crippen LogP contribution in [-0.4, -0.2) is 19.0 Å². The molecule has 92 valence electrons. The predicted molar refractivity (Wildman–Crippen MR) is 64.3 cm³/mol. The average Bonchev–Trinajstić information content (AvgIpc) is 2.28. The van der Waals surface area contributed by atoms with Crippen LogP contribution >= 0.6 is 0 Å². The van der Waals surface area contributed by atoms with E-state index < -0.39 is 6.04 Å². The number of amides is 1. The van der Waals surface area contributed by atoms with Crippen LogP contribution in [-0.2, 0) is 14.3 Å². The highest BCUT2D eigenvalue weighted by Crippen LogP contribution is 2.17. The number of benzene rings is 1. The number of ether oxygens (including phenoxy) is 1. The topological polar surface area (TPSA) is 81.4 Å². The Kier molecular flexibility index (Phi) is 4.66. The molecular weight excluding hydrogens is 220 g/mol. The Hall–Kier alpha value is -1.88. The van der Waals surface area contributed by atoms with E-state index in [1.54, 1.807) is 24.3 Å². The molecule has 0 aliphatic carbocycles. The lowest BCUT2D eigenvalue weighted by Crippen LogP contribution is -2.16. The SMILES string of the molecule is COC(=O)C[C@@H](N)c1ccc(NC(C)=O)cc1. The van der Waals surface area contributed by atoms with Crippen molar-refractivity contribution >= 4 is 17.6 Å². The van der Waals surface area contributed by atoms with Crippen LogP contribution in [0.4, 0.5) is 5.69 Å². The highest BCUT2D eigenvalue weighted by Gasteiger charge is 2.11. The first-order valence-electron chi connectivity index (χ1n) is 5.23. The number of methoxy groups -OCH3 is 1. The molecule has 1 aromatic carbocycles. The van der Waals surface area contributed by atoms with Crippen LogP contribution in [0.5, 0.6) is 0 Å². The molecule has 0 aliphatic heterocycles. The number of rotatable bonds is 4. The summed E-state index contributed by atoms with van der Waals surface area (Å²) in [6.07, 6.45) is 0.135. The van der Waals surface area contributed by atoms with Gasteiger partial charge in [-0.05, 0) is 17.7 Å². The second-order valence-corrected chi connectivity index (χ2v) is 3.69. The lowest BCUT2D eigenvalue weighted by molar-refractivity contribution is -0.141. The van der Waals surface area contributed by atoms with Crippen molar-refractivity contribution in [3.8, 4) is 0 Å². The van der Waals surface area contributed by atoms with Gasteiger partial charge in [0.1, 0.15) is 0 Å². The number of carbonyl (C=O) groups is 2. The standard InChI is InChI=1S/C12H16N2O3/c1-8(15)14-10-5-3-9(4-6-10)11(13)7-12(16)17-2/h3-6,11H,7,13H2,1-2H3,(H,14,15)/t11-/m1/s1. The van der Waals surface area contributed by atoms with Crippen molar-refractivity contribution in [3.05, 3.63) is 29.8 Å². The van der Waals surface area contributed by atoms with Gasteiger partial charge in [-0.3, -0.25) is 9.59 Å². The lowest BCUT2D eigenvalue weighted by atomic mass is 10.0. The van der Waals surface area contributed by atoms with E-state index in [0.717, 1.165) is 5.56 Å². The minimum absolute atomic E-state index is 0.128. The van der Waals surface area contributed by atoms with Crippen LogP contribution < -0.4 is 11.1 Å². The van der Waals surface area contributed by atoms with Crippen molar-refractivity contribution < 1.29 is 14.3 Å². The van der Waals surface area contributed by atoms with E-state index in [0.29, 0.717) is 5.69 Å². The number of esters is 1. The van der Waals surface area contributed by atoms with E-state index in [4.69, 9.17) is 5.73 Å². The summed E-state index contributed by atoms with van der Waals surface area (Å²) in [5.41, 5.74) is 7.36. The number of nitrogens with one attached hydrogen (secondary N) is 1. The van der Waals surface area contributed by atoms with Crippen LogP contribution in [0.15, 0.2) is 24.3 Å². The Balaban J connectivity index is 2.66. The maximum atomic E-state index is 11.0. The summed E-state index contributed by atoms with van der Waals surface area (Å²) in [5.74, 6) is -0.472. The lowest BCUT2D eigenvalue weighted by Gasteiger charge is -2.11. The van der Waals surface area contributed by atoms with Gasteiger partial charge >= 0.3 is 5.97 Å². The highest BCUT2D eigenvalue weighted by molar-refractivity contribution is 5.88. The Morgan fingerprint density at radius 1 is 1.35 bits per heavy atom. The Bertz CT molecular complexity index is 401. The molecule has 1 rings (SSSR count). The fourth-order valence-electron chi connectivity index (χ4n) is 1.40. The monoisotopic (exact) mass is 236 g/mol. The molecule has 0 bridgehead atoms. The normalized spacial score (nSPS) is 11.7. The third kappa shape index (κ3) is 4.24. The summed E-state index contributed by atoms with van der Waals surface area (Å²) in [4.78, 5) is 21.9. The van der Waals surface area contributed by atoms with Gasteiger partial charge in [-0.15, -0.1) is 0 Å². The minimum Gasteiger partial charge on any atom is -0.469 e. The number of carbonyl (C=O) groups excluding carboxylic acids is 2. The number of nitrogens with two attached hydrogens (primary N) is 1. The van der Waals surface area contributed by atoms with Gasteiger partial charge < -0.3 is 15.8 Å². The second-order valence-electron chi connectivity index (χ2n) is 3.69. The zero-order valence-electron chi connectivity index (χ0n) is 9.90. The van der Waals surface area contributed by atoms with E-state index in [2.05, 4.69) is 10.1 Å². The van der Waals surface area contributed by atoms with Crippen molar-refractivity contribution in [3.63, 3.8) is 0 Å². The fourth-order valence-corrected chi connectivity index (χ4v) is 1.40. The summed E-state index contributed by atoms with van der Waals surface area (Å²) in [6.45, 7) is 1.44. The van der Waals surface area contributed by atoms with Gasteiger partial charge in [-0.2, -0.15) is 0 Å². The summed E-state index contributed by atoms with van der Waals surface area (Å²) in [7, 11) is 1.33. The van der Waals surface area contributed by atoms with Crippen molar-refractivity contribution in [1.82, 2.24) is 0 Å². The molecule has 1 aromatic rings. The zero-order valence-corrected chi connectivity index (χ0v) is 9.90. The molecule has 0 unspecified atom stereocenters. The first kappa shape index (κ1) is 13.2. The van der Waals surface area contributed by atoms with E-state index in [1.165, 1.54) is 14.0 Å². The largest absolute Gasteiger partial charge is 0.469 e. The highest BCUT2D eigenvalue weighted by atomic mass is 16.5. The maximum absolute atomic E-state index is 11.0. The van der Waals surface area contributed by atoms with Gasteiger partial charge in [0.2, 0.25) is 5.91 Å². The molecule has 0 saturated carbocycles. The number of anilines is 1. The smallest absolute Gasteiger partial charge is 0.307 e. The van der Waals surface area contributed by atoms with Gasteiger partial charge in [0.25, 0.3) is 0 Å². The van der Waals surface area contributed by atoms with Crippen LogP contribution in [0.1, 0.15) is 24.9 Å². The molecule has 0 saturated heterocycles. The quantitative estimate of drug-likeness (QED) is 0.770. The molecule has 5 nitrogen and oxygen atoms in total. The zero-order chi connectivity index (χ0) is 12.8. The van der Waals surface area contributed by atoms with Crippen molar-refractivity contribution in [2.24, 2.45) is 5.73 Å². The van der Waals surface area contributed by atoms with E-state index in [9.17, 15) is 9.59 Å². The Morgan fingerprint density at radius 2 is 1.94 bits per heavy atom. The molecule has 0 heterocycles. The first-order valence-corrected chi connectivity index (χ1v) is 5.23. The van der Waals surface area contributed by atoms with Crippen molar-refractivity contribution in [1.29, 1.82) is 0 Å². The molecule has 1 amide bonds. The Morgan fingerprint density at radius 3 is 2.41 bits per heavy atom. The predicted octanol–water partition coefficient (Wildman–Crippen LogP) is 1.21. The van der Waals surface area contributed by atoms with E-state index in [-0.39, 0.29) is 18.3 Å². The molecular formula is C12H16N2O3. The summed E-state index contributed by atoms with van der Waals surface area (Å²) >= 11 is 0. The number of hydrogen-bond donors (Lipinski definition) is 2. The van der Waals surface area contributed by atoms with Crippen LogP contribution in [0.3, 0.4) is 0 Å². The summed E-state index contributed by atoms with van der Waals surface area (Å²) in [6, 6.07) is 6.65. The molecule has 0 radical (unpaired) electrons. The van der Waals surface area contributed by atoms with E-state index in [1.807, 2.05) is 0 Å². The minimum atomic E-state index is -0.395. The van der Waals surface area contributed by atoms with Gasteiger partial charge in [-0.1, -0.05) is 12.1 Å². The van der Waals surface area contributed by atoms with Crippen molar-refractivity contribution in [2.75, 3.05) is 12.4 Å². The molecule has 0 aliphatic rings. The molecule has 17 heavy (non-hydrogen) atoms. The average molecular weight is 236 g/mol. The summed E-state index contributed by atoms with van der Waals surface area (Å²) in [5, 5.41) is 2.65. The third-order valence-corrected chi connectivity index (χ3v) is 2.27. The van der Waals surface area contributed by atoms with Gasteiger partial charge in [0, 0.05) is 18.7 Å². The van der Waals surface area contributed by atoms with Crippen LogP contribution in [0, 0.1) is 0 Å². The molecule has 0 aromatic heterocycles. The van der Waals surface area contributed by atoms with Gasteiger partial charge in [-0.25, -0.2) is 0 Å². The second kappa shape index (κ2) is 6.00. The van der Waals surface area contributed by atoms with Crippen molar-refractivity contribution in [2.45, 2.75) is 19.4 Å². The van der Waals surface area contributed by atoms with Crippen LogP contribution in [0.25, 0.3) is 0 Å². The molecule has 0 fully saturated rings. The van der Waals surface area contributed by atoms with Gasteiger partial charge in [0.05, 0.1) is 13.5 Å². The third-order valence-electron chi connectivity index (χ3n) is 2.27. The van der Waals surface area contributed by atoms with Gasteiger partial charge in [0.15, 0.2) is 0 Å². The molecule has 1 atom stereocenters. The number of hydrogen-bond acceptors (Lipinski definition) is 4. The van der Waals surface area contributed by atoms with Crippen LogP contribution in [0.2, 0.25) is 0 Å². The Labute approximate surface area is 99.9 Å².